The van der Waals surface area contributed by atoms with E-state index in [1.807, 2.05) is 6.20 Å². The van der Waals surface area contributed by atoms with Crippen LogP contribution < -0.4 is 20.9 Å². The Morgan fingerprint density at radius 2 is 2.14 bits per heavy atom. The third-order valence-electron chi connectivity index (χ3n) is 5.10. The molecule has 1 unspecified atom stereocenters. The molecule has 2 heterocycles. The Bertz CT molecular complexity index is 665. The number of aromatic nitrogens is 1. The molecule has 1 aliphatic heterocycles. The van der Waals surface area contributed by atoms with E-state index in [0.29, 0.717) is 6.54 Å². The first-order chi connectivity index (χ1) is 13.7. The van der Waals surface area contributed by atoms with Crippen LogP contribution in [0.5, 0.6) is 5.75 Å². The van der Waals surface area contributed by atoms with Gasteiger partial charge in [0.1, 0.15) is 12.3 Å². The minimum Gasteiger partial charge on any atom is -0.492 e. The number of imide groups is 1. The molecule has 2 fully saturated rings. The Morgan fingerprint density at radius 1 is 1.29 bits per heavy atom. The Balaban J connectivity index is 1.30. The van der Waals surface area contributed by atoms with E-state index in [9.17, 15) is 9.59 Å². The third-order valence-corrected chi connectivity index (χ3v) is 5.10. The predicted molar refractivity (Wildman–Crippen MR) is 106 cm³/mol. The summed E-state index contributed by atoms with van der Waals surface area (Å²) in [4.78, 5) is 28.5. The van der Waals surface area contributed by atoms with Crippen molar-refractivity contribution in [1.82, 2.24) is 26.1 Å². The number of nitrogens with one attached hydrogen (secondary N) is 3. The molecule has 0 radical (unpaired) electrons. The van der Waals surface area contributed by atoms with Crippen molar-refractivity contribution in [2.75, 3.05) is 26.2 Å². The number of nitrogens with zero attached hydrogens (tertiary/aromatic N) is 2. The smallest absolute Gasteiger partial charge is 0.324 e. The molecule has 154 valence electrons. The number of urea groups is 1. The normalized spacial score (nSPS) is 17.7. The van der Waals surface area contributed by atoms with E-state index in [-0.39, 0.29) is 24.5 Å². The van der Waals surface area contributed by atoms with Gasteiger partial charge in [-0.1, -0.05) is 13.3 Å². The lowest BCUT2D eigenvalue weighted by atomic mass is 10.1. The number of unbranched alkanes of at least 4 members (excludes halogenated alkanes) is 2. The van der Waals surface area contributed by atoms with Crippen molar-refractivity contribution in [3.8, 4) is 5.75 Å². The van der Waals surface area contributed by atoms with Crippen LogP contribution in [0.15, 0.2) is 18.5 Å². The molecule has 3 N–H and O–H groups in total. The molecule has 0 spiro atoms. The maximum atomic E-state index is 11.5. The summed E-state index contributed by atoms with van der Waals surface area (Å²) in [6.45, 7) is 4.59. The van der Waals surface area contributed by atoms with Crippen LogP contribution in [0.1, 0.15) is 57.1 Å². The standard InChI is InChI=1S/C20H31N5O3/c1-2-18(16-10-17(12-21-11-16)28-14-15-6-7-15)24-22-8-4-3-5-9-25-13-19(26)23-20(25)27/h10-12,15,18,22,24H,2-9,13-14H2,1H3,(H,23,26,27). The van der Waals surface area contributed by atoms with Crippen molar-refractivity contribution < 1.29 is 14.3 Å². The van der Waals surface area contributed by atoms with Crippen molar-refractivity contribution >= 4 is 11.9 Å². The van der Waals surface area contributed by atoms with Crippen LogP contribution in [0, 0.1) is 5.92 Å². The van der Waals surface area contributed by atoms with Crippen LogP contribution in [0.2, 0.25) is 0 Å². The molecule has 1 atom stereocenters. The zero-order chi connectivity index (χ0) is 19.8. The first-order valence-corrected chi connectivity index (χ1v) is 10.3. The topological polar surface area (TPSA) is 95.6 Å². The van der Waals surface area contributed by atoms with Crippen LogP contribution in [0.3, 0.4) is 0 Å². The van der Waals surface area contributed by atoms with Crippen LogP contribution in [-0.2, 0) is 4.79 Å². The lowest BCUT2D eigenvalue weighted by Gasteiger charge is -2.19. The van der Waals surface area contributed by atoms with Crippen molar-refractivity contribution in [2.45, 2.75) is 51.5 Å². The summed E-state index contributed by atoms with van der Waals surface area (Å²) in [5.41, 5.74) is 7.78. The van der Waals surface area contributed by atoms with E-state index in [0.717, 1.165) is 56.1 Å². The Morgan fingerprint density at radius 3 is 2.86 bits per heavy atom. The Kier molecular flexibility index (Phi) is 7.62. The molecule has 2 aliphatic rings. The van der Waals surface area contributed by atoms with Gasteiger partial charge in [-0.15, -0.1) is 0 Å². The summed E-state index contributed by atoms with van der Waals surface area (Å²) in [7, 11) is 0. The van der Waals surface area contributed by atoms with E-state index in [4.69, 9.17) is 4.74 Å². The van der Waals surface area contributed by atoms with E-state index < -0.39 is 0 Å². The molecule has 1 saturated carbocycles. The van der Waals surface area contributed by atoms with Crippen molar-refractivity contribution in [2.24, 2.45) is 5.92 Å². The van der Waals surface area contributed by atoms with E-state index in [1.165, 1.54) is 12.8 Å². The maximum Gasteiger partial charge on any atom is 0.324 e. The number of rotatable bonds is 13. The van der Waals surface area contributed by atoms with Gasteiger partial charge >= 0.3 is 6.03 Å². The first-order valence-electron chi connectivity index (χ1n) is 10.3. The molecule has 1 aromatic heterocycles. The number of hydrogen-bond donors (Lipinski definition) is 3. The zero-order valence-electron chi connectivity index (χ0n) is 16.6. The van der Waals surface area contributed by atoms with Gasteiger partial charge in [0, 0.05) is 25.3 Å². The van der Waals surface area contributed by atoms with E-state index >= 15 is 0 Å². The quantitative estimate of drug-likeness (QED) is 0.272. The monoisotopic (exact) mass is 389 g/mol. The van der Waals surface area contributed by atoms with E-state index in [2.05, 4.69) is 34.1 Å². The second-order valence-electron chi connectivity index (χ2n) is 7.58. The van der Waals surface area contributed by atoms with Crippen LogP contribution in [0.4, 0.5) is 4.79 Å². The third kappa shape index (κ3) is 6.45. The molecule has 3 rings (SSSR count). The minimum atomic E-state index is -0.271. The number of amides is 3. The summed E-state index contributed by atoms with van der Waals surface area (Å²) in [5.74, 6) is 1.36. The fourth-order valence-corrected chi connectivity index (χ4v) is 3.18. The molecule has 1 saturated heterocycles. The number of carbonyl (C=O) groups is 2. The zero-order valence-corrected chi connectivity index (χ0v) is 16.6. The number of pyridine rings is 1. The van der Waals surface area contributed by atoms with Crippen LogP contribution in [-0.4, -0.2) is 48.1 Å². The van der Waals surface area contributed by atoms with Gasteiger partial charge in [0.05, 0.1) is 12.8 Å². The summed E-state index contributed by atoms with van der Waals surface area (Å²) in [5, 5.41) is 2.29. The minimum absolute atomic E-state index is 0.177. The first kappa shape index (κ1) is 20.5. The SMILES string of the molecule is CCC(NNCCCCCN1CC(=O)NC1=O)c1cncc(OCC2CC2)c1. The molecule has 0 aromatic carbocycles. The largest absolute Gasteiger partial charge is 0.492 e. The number of ether oxygens (including phenoxy) is 1. The average molecular weight is 390 g/mol. The number of carbonyl (C=O) groups excluding carboxylic acids is 2. The molecular formula is C20H31N5O3. The van der Waals surface area contributed by atoms with Gasteiger partial charge < -0.3 is 9.64 Å². The van der Waals surface area contributed by atoms with Gasteiger partial charge in [0.15, 0.2) is 0 Å². The highest BCUT2D eigenvalue weighted by molar-refractivity contribution is 6.01. The summed E-state index contributed by atoms with van der Waals surface area (Å²) in [6, 6.07) is 1.98. The van der Waals surface area contributed by atoms with Gasteiger partial charge in [-0.05, 0) is 49.7 Å². The molecule has 0 bridgehead atoms. The van der Waals surface area contributed by atoms with Crippen molar-refractivity contribution in [3.05, 3.63) is 24.0 Å². The fraction of sp³-hybridized carbons (Fsp3) is 0.650. The molecule has 3 amide bonds. The summed E-state index contributed by atoms with van der Waals surface area (Å²) < 4.78 is 5.83. The highest BCUT2D eigenvalue weighted by atomic mass is 16.5. The fourth-order valence-electron chi connectivity index (χ4n) is 3.18. The summed E-state index contributed by atoms with van der Waals surface area (Å²) in [6.07, 6.45) is 10.0. The van der Waals surface area contributed by atoms with Gasteiger partial charge in [-0.25, -0.2) is 4.79 Å². The maximum absolute atomic E-state index is 11.5. The predicted octanol–water partition coefficient (Wildman–Crippen LogP) is 2.14. The average Bonchev–Trinajstić information content (AvgIpc) is 3.46. The van der Waals surface area contributed by atoms with Gasteiger partial charge in [0.25, 0.3) is 0 Å². The van der Waals surface area contributed by atoms with Crippen molar-refractivity contribution in [3.63, 3.8) is 0 Å². The van der Waals surface area contributed by atoms with E-state index in [1.54, 1.807) is 11.1 Å². The Hall–Kier alpha value is -2.19. The van der Waals surface area contributed by atoms with Crippen LogP contribution in [0.25, 0.3) is 0 Å². The molecule has 28 heavy (non-hydrogen) atoms. The molecule has 1 aromatic rings. The van der Waals surface area contributed by atoms with Crippen LogP contribution >= 0.6 is 0 Å². The van der Waals surface area contributed by atoms with Gasteiger partial charge in [-0.3, -0.25) is 25.9 Å². The van der Waals surface area contributed by atoms with Crippen molar-refractivity contribution in [1.29, 1.82) is 0 Å². The van der Waals surface area contributed by atoms with Gasteiger partial charge in [0.2, 0.25) is 5.91 Å². The second kappa shape index (κ2) is 10.4. The highest BCUT2D eigenvalue weighted by Crippen LogP contribution is 2.30. The number of hydrazine groups is 1. The second-order valence-corrected chi connectivity index (χ2v) is 7.58. The lowest BCUT2D eigenvalue weighted by molar-refractivity contribution is -0.118. The molecular weight excluding hydrogens is 358 g/mol. The molecule has 8 heteroatoms. The molecule has 1 aliphatic carbocycles. The highest BCUT2D eigenvalue weighted by Gasteiger charge is 2.25. The molecule has 8 nitrogen and oxygen atoms in total. The lowest BCUT2D eigenvalue weighted by Crippen LogP contribution is -2.36. The Labute approximate surface area is 166 Å². The number of hydrogen-bond acceptors (Lipinski definition) is 6. The summed E-state index contributed by atoms with van der Waals surface area (Å²) >= 11 is 0. The van der Waals surface area contributed by atoms with Gasteiger partial charge in [-0.2, -0.15) is 0 Å².